The van der Waals surface area contributed by atoms with Crippen LogP contribution in [-0.4, -0.2) is 22.0 Å². The van der Waals surface area contributed by atoms with Crippen molar-refractivity contribution in [2.75, 3.05) is 16.8 Å². The lowest BCUT2D eigenvalue weighted by atomic mass is 10.1. The molecule has 1 fully saturated rings. The number of rotatable bonds is 6. The number of aryl methyl sites for hydroxylation is 1. The molecule has 0 unspecified atom stereocenters. The first-order valence-corrected chi connectivity index (χ1v) is 12.1. The third-order valence-corrected chi connectivity index (χ3v) is 7.97. The van der Waals surface area contributed by atoms with E-state index in [-0.39, 0.29) is 5.91 Å². The van der Waals surface area contributed by atoms with Crippen molar-refractivity contribution >= 4 is 52.1 Å². The number of hydrogen-bond acceptors (Lipinski definition) is 4. The fourth-order valence-electron chi connectivity index (χ4n) is 3.56. The summed E-state index contributed by atoms with van der Waals surface area (Å²) in [5, 5.41) is 13.0. The van der Waals surface area contributed by atoms with E-state index >= 15 is 0 Å². The molecule has 1 aliphatic rings. The van der Waals surface area contributed by atoms with Gasteiger partial charge in [0.1, 0.15) is 0 Å². The number of carbonyl (C=O) groups is 1. The largest absolute Gasteiger partial charge is 0.346 e. The summed E-state index contributed by atoms with van der Waals surface area (Å²) in [6, 6.07) is 18.4. The third kappa shape index (κ3) is 4.92. The number of thioether (sulfide) groups is 2. The predicted molar refractivity (Wildman–Crippen MR) is 129 cm³/mol. The Morgan fingerprint density at radius 2 is 2.03 bits per heavy atom. The minimum atomic E-state index is -0.148. The molecule has 1 saturated heterocycles. The minimum absolute atomic E-state index is 0.148. The van der Waals surface area contributed by atoms with Crippen LogP contribution in [0.15, 0.2) is 60.8 Å². The van der Waals surface area contributed by atoms with Gasteiger partial charge < -0.3 is 9.88 Å². The van der Waals surface area contributed by atoms with E-state index in [0.29, 0.717) is 17.5 Å². The first-order valence-electron chi connectivity index (χ1n) is 10.0. The van der Waals surface area contributed by atoms with Gasteiger partial charge in [0, 0.05) is 41.0 Å². The standard InChI is InChI=1S/C24H23N3OS2/c25-12-4-13-27-17-19(21-8-1-2-9-22(21)27)10-11-23(28)26-20-7-3-6-18(16-20)24-29-14-5-15-30-24/h1-3,6-11,16-17,24H,4-5,13-15H2,(H,26,28)/b11-10+. The molecule has 0 spiro atoms. The van der Waals surface area contributed by atoms with Crippen molar-refractivity contribution < 1.29 is 4.79 Å². The quantitative estimate of drug-likeness (QED) is 0.479. The Kier molecular flexibility index (Phi) is 6.83. The Morgan fingerprint density at radius 3 is 2.87 bits per heavy atom. The number of benzene rings is 2. The SMILES string of the molecule is N#CCCn1cc(/C=C/C(=O)Nc2cccc(C3SCCCS3)c2)c2ccccc21. The van der Waals surface area contributed by atoms with Crippen molar-refractivity contribution in [1.29, 1.82) is 5.26 Å². The van der Waals surface area contributed by atoms with Gasteiger partial charge in [0.25, 0.3) is 0 Å². The molecule has 4 rings (SSSR count). The average Bonchev–Trinajstić information content (AvgIpc) is 3.15. The van der Waals surface area contributed by atoms with Crippen LogP contribution < -0.4 is 5.32 Å². The fraction of sp³-hybridized carbons (Fsp3) is 0.250. The molecule has 0 atom stereocenters. The van der Waals surface area contributed by atoms with Crippen molar-refractivity contribution in [3.8, 4) is 6.07 Å². The molecule has 1 aliphatic heterocycles. The van der Waals surface area contributed by atoms with Gasteiger partial charge in [-0.1, -0.05) is 30.3 Å². The van der Waals surface area contributed by atoms with Crippen LogP contribution in [0.1, 0.15) is 28.6 Å². The molecule has 2 heterocycles. The van der Waals surface area contributed by atoms with Gasteiger partial charge >= 0.3 is 0 Å². The molecule has 0 saturated carbocycles. The highest BCUT2D eigenvalue weighted by Gasteiger charge is 2.16. The number of aromatic nitrogens is 1. The lowest BCUT2D eigenvalue weighted by Crippen LogP contribution is -2.08. The number of nitriles is 1. The number of nitrogens with one attached hydrogen (secondary N) is 1. The highest BCUT2D eigenvalue weighted by Crippen LogP contribution is 2.44. The zero-order chi connectivity index (χ0) is 20.8. The van der Waals surface area contributed by atoms with E-state index in [9.17, 15) is 4.79 Å². The summed E-state index contributed by atoms with van der Waals surface area (Å²) < 4.78 is 2.52. The van der Waals surface area contributed by atoms with Gasteiger partial charge in [-0.15, -0.1) is 23.5 Å². The Hall–Kier alpha value is -2.62. The van der Waals surface area contributed by atoms with E-state index in [1.54, 1.807) is 6.08 Å². The van der Waals surface area contributed by atoms with Crippen LogP contribution in [-0.2, 0) is 11.3 Å². The normalized spacial score (nSPS) is 14.8. The molecule has 1 aromatic heterocycles. The maximum Gasteiger partial charge on any atom is 0.248 e. The van der Waals surface area contributed by atoms with Crippen LogP contribution in [0.3, 0.4) is 0 Å². The molecule has 0 aliphatic carbocycles. The van der Waals surface area contributed by atoms with Crippen LogP contribution in [0.4, 0.5) is 5.69 Å². The zero-order valence-electron chi connectivity index (χ0n) is 16.6. The van der Waals surface area contributed by atoms with Crippen LogP contribution in [0.2, 0.25) is 0 Å². The minimum Gasteiger partial charge on any atom is -0.346 e. The first kappa shape index (κ1) is 20.6. The summed E-state index contributed by atoms with van der Waals surface area (Å²) in [6.07, 6.45) is 7.14. The van der Waals surface area contributed by atoms with Crippen LogP contribution in [0.5, 0.6) is 0 Å². The van der Waals surface area contributed by atoms with Crippen molar-refractivity contribution in [3.63, 3.8) is 0 Å². The Labute approximate surface area is 185 Å². The number of hydrogen-bond donors (Lipinski definition) is 1. The lowest BCUT2D eigenvalue weighted by Gasteiger charge is -2.21. The third-order valence-electron chi connectivity index (χ3n) is 4.95. The van der Waals surface area contributed by atoms with Gasteiger partial charge in [0.2, 0.25) is 5.91 Å². The van der Waals surface area contributed by atoms with Crippen molar-refractivity contribution in [2.45, 2.75) is 24.0 Å². The second-order valence-corrected chi connectivity index (χ2v) is 9.80. The first-order chi connectivity index (χ1) is 14.7. The van der Waals surface area contributed by atoms with Crippen LogP contribution >= 0.6 is 23.5 Å². The lowest BCUT2D eigenvalue weighted by molar-refractivity contribution is -0.111. The highest BCUT2D eigenvalue weighted by molar-refractivity contribution is 8.16. The summed E-state index contributed by atoms with van der Waals surface area (Å²) in [5.74, 6) is 2.24. The van der Waals surface area contributed by atoms with Gasteiger partial charge in [0.05, 0.1) is 17.1 Å². The second kappa shape index (κ2) is 9.92. The predicted octanol–water partition coefficient (Wildman–Crippen LogP) is 6.08. The molecular weight excluding hydrogens is 410 g/mol. The molecule has 0 radical (unpaired) electrons. The number of para-hydroxylation sites is 1. The van der Waals surface area contributed by atoms with E-state index in [4.69, 9.17) is 5.26 Å². The smallest absolute Gasteiger partial charge is 0.248 e. The van der Waals surface area contributed by atoms with E-state index in [1.807, 2.05) is 72.2 Å². The number of nitrogens with zero attached hydrogens (tertiary/aromatic N) is 2. The van der Waals surface area contributed by atoms with Crippen LogP contribution in [0.25, 0.3) is 17.0 Å². The molecule has 1 amide bonds. The zero-order valence-corrected chi connectivity index (χ0v) is 18.2. The maximum atomic E-state index is 12.5. The summed E-state index contributed by atoms with van der Waals surface area (Å²) in [6.45, 7) is 0.640. The highest BCUT2D eigenvalue weighted by atomic mass is 32.2. The second-order valence-electron chi connectivity index (χ2n) is 7.08. The molecule has 4 nitrogen and oxygen atoms in total. The molecule has 6 heteroatoms. The Morgan fingerprint density at radius 1 is 1.20 bits per heavy atom. The Bertz CT molecular complexity index is 1110. The molecular formula is C24H23N3OS2. The Balaban J connectivity index is 1.47. The van der Waals surface area contributed by atoms with Crippen molar-refractivity contribution in [2.24, 2.45) is 0 Å². The maximum absolute atomic E-state index is 12.5. The van der Waals surface area contributed by atoms with Crippen molar-refractivity contribution in [3.05, 3.63) is 71.9 Å². The number of amides is 1. The van der Waals surface area contributed by atoms with Crippen LogP contribution in [0, 0.1) is 11.3 Å². The fourth-order valence-corrected chi connectivity index (χ4v) is 6.43. The molecule has 3 aromatic rings. The number of anilines is 1. The van der Waals surface area contributed by atoms with Crippen molar-refractivity contribution in [1.82, 2.24) is 4.57 Å². The van der Waals surface area contributed by atoms with E-state index in [2.05, 4.69) is 28.1 Å². The topological polar surface area (TPSA) is 57.8 Å². The summed E-state index contributed by atoms with van der Waals surface area (Å²) >= 11 is 3.95. The van der Waals surface area contributed by atoms with E-state index in [0.717, 1.165) is 22.2 Å². The molecule has 152 valence electrons. The monoisotopic (exact) mass is 433 g/mol. The average molecular weight is 434 g/mol. The summed E-state index contributed by atoms with van der Waals surface area (Å²) in [7, 11) is 0. The summed E-state index contributed by atoms with van der Waals surface area (Å²) in [4.78, 5) is 12.5. The van der Waals surface area contributed by atoms with E-state index in [1.165, 1.54) is 23.5 Å². The molecule has 0 bridgehead atoms. The number of fused-ring (bicyclic) bond motifs is 1. The van der Waals surface area contributed by atoms with Gasteiger partial charge in [-0.05, 0) is 47.8 Å². The summed E-state index contributed by atoms with van der Waals surface area (Å²) in [5.41, 5.74) is 4.13. The van der Waals surface area contributed by atoms with E-state index < -0.39 is 0 Å². The number of carbonyl (C=O) groups excluding carboxylic acids is 1. The molecule has 2 aromatic carbocycles. The van der Waals surface area contributed by atoms with Gasteiger partial charge in [-0.3, -0.25) is 4.79 Å². The molecule has 30 heavy (non-hydrogen) atoms. The van der Waals surface area contributed by atoms with Gasteiger partial charge in [0.15, 0.2) is 0 Å². The van der Waals surface area contributed by atoms with Gasteiger partial charge in [-0.25, -0.2) is 0 Å². The molecule has 1 N–H and O–H groups in total. The van der Waals surface area contributed by atoms with Gasteiger partial charge in [-0.2, -0.15) is 5.26 Å².